The number of anilines is 2. The number of allylic oxidation sites excluding steroid dienone is 3. The summed E-state index contributed by atoms with van der Waals surface area (Å²) in [6.07, 6.45) is 12.4. The van der Waals surface area contributed by atoms with Crippen LogP contribution in [-0.4, -0.2) is 172 Å². The maximum absolute atomic E-state index is 12.8. The number of carbonyl (C=O) groups excluding carboxylic acids is 2. The van der Waals surface area contributed by atoms with Gasteiger partial charge in [0.1, 0.15) is 12.1 Å². The fourth-order valence-corrected chi connectivity index (χ4v) is 11.2. The number of hydrogen-bond acceptors (Lipinski definition) is 14. The predicted octanol–water partition coefficient (Wildman–Crippen LogP) is 5.49. The number of aryl methyl sites for hydroxylation is 1. The minimum absolute atomic E-state index is 0.000487. The summed E-state index contributed by atoms with van der Waals surface area (Å²) in [5.74, 6) is -8.37. The highest BCUT2D eigenvalue weighted by Gasteiger charge is 2.44. The number of nitrogens with one attached hydrogen (secondary N) is 2. The average molecular weight is 1140 g/mol. The summed E-state index contributed by atoms with van der Waals surface area (Å²) >= 11 is 0. The van der Waals surface area contributed by atoms with Gasteiger partial charge in [-0.1, -0.05) is 70.4 Å². The maximum atomic E-state index is 12.8. The van der Waals surface area contributed by atoms with E-state index >= 15 is 0 Å². The summed E-state index contributed by atoms with van der Waals surface area (Å²) in [4.78, 5) is 100. The number of unbranched alkanes of at least 4 members (excludes halogenated alkanes) is 6. The molecule has 2 aromatic rings. The number of rotatable bonds is 37. The Labute approximate surface area is 467 Å². The molecule has 4 rings (SSSR count). The smallest absolute Gasteiger partial charge is 0.320 e. The molecule has 2 aromatic carbocycles. The minimum Gasteiger partial charge on any atom is -0.480 e. The lowest BCUT2D eigenvalue weighted by molar-refractivity contribution is -0.152. The molecular weight excluding hydrogens is 1060 g/mol. The molecule has 0 radical (unpaired) electrons. The Kier molecular flexibility index (Phi) is 24.7. The van der Waals surface area contributed by atoms with Crippen LogP contribution in [0.5, 0.6) is 0 Å². The van der Waals surface area contributed by atoms with Crippen LogP contribution in [0.1, 0.15) is 134 Å². The van der Waals surface area contributed by atoms with Crippen LogP contribution in [0.15, 0.2) is 65.2 Å². The van der Waals surface area contributed by atoms with Crippen molar-refractivity contribution in [2.24, 2.45) is 0 Å². The number of hydrogen-bond donors (Lipinski definition) is 9. The SMILES string of the molecule is Cc1ccc2c(c1)C(C)(C)/C(=C\C=C\C1N(CCCCCC(=O)NCCCCC(C(=O)O)N(CC(=O)O)CC(=O)O)c3ccc(S(=O)(=O)O)cc3C1(C)C)N2CCCCCC(=O)NCCCCC(C(=O)O)N(CC(=O)O)CC(=O)O. The van der Waals surface area contributed by atoms with E-state index in [-0.39, 0.29) is 66.9 Å². The summed E-state index contributed by atoms with van der Waals surface area (Å²) in [6, 6.07) is 8.18. The highest BCUT2D eigenvalue weighted by Crippen LogP contribution is 2.49. The van der Waals surface area contributed by atoms with E-state index in [9.17, 15) is 61.5 Å². The highest BCUT2D eigenvalue weighted by molar-refractivity contribution is 7.85. The molecule has 3 atom stereocenters. The predicted molar refractivity (Wildman–Crippen MR) is 296 cm³/mol. The van der Waals surface area contributed by atoms with Crippen LogP contribution in [0.3, 0.4) is 0 Å². The Morgan fingerprint density at radius 1 is 0.613 bits per heavy atom. The van der Waals surface area contributed by atoms with E-state index in [4.69, 9.17) is 20.4 Å². The van der Waals surface area contributed by atoms with Gasteiger partial charge in [0.25, 0.3) is 10.1 Å². The third-order valence-electron chi connectivity index (χ3n) is 14.8. The van der Waals surface area contributed by atoms with Crippen molar-refractivity contribution in [2.75, 3.05) is 62.2 Å². The van der Waals surface area contributed by atoms with Crippen molar-refractivity contribution >= 4 is 69.1 Å². The first-order chi connectivity index (χ1) is 37.6. The Morgan fingerprint density at radius 2 is 1.09 bits per heavy atom. The van der Waals surface area contributed by atoms with Crippen molar-refractivity contribution in [1.82, 2.24) is 20.4 Å². The second-order valence-corrected chi connectivity index (χ2v) is 23.1. The first-order valence-corrected chi connectivity index (χ1v) is 28.5. The van der Waals surface area contributed by atoms with Crippen molar-refractivity contribution in [1.29, 1.82) is 0 Å². The Hall–Kier alpha value is -6.89. The van der Waals surface area contributed by atoms with Crippen LogP contribution in [0.4, 0.5) is 11.4 Å². The zero-order valence-electron chi connectivity index (χ0n) is 46.4. The summed E-state index contributed by atoms with van der Waals surface area (Å²) < 4.78 is 34.7. The monoisotopic (exact) mass is 1140 g/mol. The van der Waals surface area contributed by atoms with Crippen LogP contribution in [0.25, 0.3) is 0 Å². The van der Waals surface area contributed by atoms with E-state index in [2.05, 4.69) is 71.6 Å². The van der Waals surface area contributed by atoms with E-state index in [1.54, 1.807) is 6.07 Å². The average Bonchev–Trinajstić information content (AvgIpc) is 3.71. The molecule has 9 N–H and O–H groups in total. The van der Waals surface area contributed by atoms with E-state index in [1.165, 1.54) is 17.7 Å². The molecule has 80 heavy (non-hydrogen) atoms. The molecule has 24 heteroatoms. The Bertz CT molecular complexity index is 2690. The molecule has 2 heterocycles. The molecule has 0 aliphatic carbocycles. The fourth-order valence-electron chi connectivity index (χ4n) is 10.7. The standard InChI is InChI=1S/C56H80N6O17S/c1-37-23-25-41-39(31-37)55(2,3)45(61(41)29-14-6-8-21-47(63)57-27-12-10-17-43(53(73)74)59(33-49(65)66)34-50(67)68)19-16-20-46-56(4,5)40-32-38(80(77,78)79)24-26-42(40)62(46)30-15-7-9-22-48(64)58-28-13-11-18-44(54(75)76)60(35-51(69)70)36-52(71)72/h16,19-20,23-26,31-32,43-44,46H,6-15,17-18,21-22,27-30,33-36H2,1-5H3,(H,57,63)(H,58,64)(H,65,66)(H,67,68)(H,69,70)(H,71,72)(H,73,74)(H,75,76)(H,77,78,79)/b20-16+,45-19+. The zero-order chi connectivity index (χ0) is 59.5. The van der Waals surface area contributed by atoms with Crippen molar-refractivity contribution in [3.05, 3.63) is 77.0 Å². The summed E-state index contributed by atoms with van der Waals surface area (Å²) in [6.45, 7) is 9.32. The molecule has 0 fully saturated rings. The molecule has 2 amide bonds. The van der Waals surface area contributed by atoms with Gasteiger partial charge in [0.2, 0.25) is 11.8 Å². The van der Waals surface area contributed by atoms with Gasteiger partial charge < -0.3 is 51.1 Å². The first-order valence-electron chi connectivity index (χ1n) is 27.1. The molecule has 3 unspecified atom stereocenters. The molecular formula is C56H80N6O17S. The van der Waals surface area contributed by atoms with Gasteiger partial charge in [-0.05, 0) is 113 Å². The van der Waals surface area contributed by atoms with Gasteiger partial charge in [0.15, 0.2) is 0 Å². The number of aliphatic carboxylic acids is 6. The second kappa shape index (κ2) is 30.1. The third-order valence-corrected chi connectivity index (χ3v) is 15.6. The van der Waals surface area contributed by atoms with Crippen molar-refractivity contribution in [3.63, 3.8) is 0 Å². The summed E-state index contributed by atoms with van der Waals surface area (Å²) in [5.41, 5.74) is 5.03. The molecule has 0 aromatic heterocycles. The van der Waals surface area contributed by atoms with Crippen LogP contribution in [0.2, 0.25) is 0 Å². The molecule has 0 bridgehead atoms. The lowest BCUT2D eigenvalue weighted by Crippen LogP contribution is -2.46. The lowest BCUT2D eigenvalue weighted by atomic mass is 9.80. The molecule has 2 aliphatic rings. The van der Waals surface area contributed by atoms with E-state index in [1.807, 2.05) is 19.9 Å². The molecule has 23 nitrogen and oxygen atoms in total. The third kappa shape index (κ3) is 19.1. The van der Waals surface area contributed by atoms with Crippen LogP contribution >= 0.6 is 0 Å². The second-order valence-electron chi connectivity index (χ2n) is 21.7. The van der Waals surface area contributed by atoms with Gasteiger partial charge in [0.05, 0.1) is 37.1 Å². The number of carbonyl (C=O) groups is 8. The normalized spacial score (nSPS) is 16.6. The van der Waals surface area contributed by atoms with Gasteiger partial charge in [-0.2, -0.15) is 8.42 Å². The number of benzene rings is 2. The van der Waals surface area contributed by atoms with Gasteiger partial charge in [-0.15, -0.1) is 0 Å². The van der Waals surface area contributed by atoms with Gasteiger partial charge >= 0.3 is 35.8 Å². The topological polar surface area (TPSA) is 349 Å². The van der Waals surface area contributed by atoms with Crippen LogP contribution in [-0.2, 0) is 59.3 Å². The number of fused-ring (bicyclic) bond motifs is 2. The molecule has 2 aliphatic heterocycles. The first kappa shape index (κ1) is 65.6. The minimum atomic E-state index is -4.50. The van der Waals surface area contributed by atoms with Crippen molar-refractivity contribution in [2.45, 2.75) is 158 Å². The Balaban J connectivity index is 1.37. The summed E-state index contributed by atoms with van der Waals surface area (Å²) in [7, 11) is -4.50. The maximum Gasteiger partial charge on any atom is 0.320 e. The molecule has 0 spiro atoms. The lowest BCUT2D eigenvalue weighted by Gasteiger charge is -2.32. The highest BCUT2D eigenvalue weighted by atomic mass is 32.2. The molecule has 0 saturated heterocycles. The van der Waals surface area contributed by atoms with E-state index < -0.39 is 89.6 Å². The fraction of sp³-hybridized carbons (Fsp3) is 0.571. The quantitative estimate of drug-likeness (QED) is 0.0298. The van der Waals surface area contributed by atoms with Crippen molar-refractivity contribution < 1.29 is 82.0 Å². The summed E-state index contributed by atoms with van der Waals surface area (Å²) in [5, 5.41) is 61.5. The van der Waals surface area contributed by atoms with Crippen LogP contribution in [0, 0.1) is 6.92 Å². The Morgan fingerprint density at radius 3 is 1.55 bits per heavy atom. The molecule has 0 saturated carbocycles. The van der Waals surface area contributed by atoms with Gasteiger partial charge in [-0.25, -0.2) is 0 Å². The zero-order valence-corrected chi connectivity index (χ0v) is 47.2. The number of carboxylic acid groups (broad SMARTS) is 6. The van der Waals surface area contributed by atoms with Crippen LogP contribution < -0.4 is 20.4 Å². The van der Waals surface area contributed by atoms with E-state index in [0.717, 1.165) is 50.8 Å². The number of amides is 2. The van der Waals surface area contributed by atoms with E-state index in [0.29, 0.717) is 64.5 Å². The van der Waals surface area contributed by atoms with Gasteiger partial charge in [-0.3, -0.25) is 52.7 Å². The number of carboxylic acids is 6. The molecule has 442 valence electrons. The largest absolute Gasteiger partial charge is 0.480 e. The van der Waals surface area contributed by atoms with Crippen molar-refractivity contribution in [3.8, 4) is 0 Å². The van der Waals surface area contributed by atoms with Gasteiger partial charge in [0, 0.05) is 66.9 Å². The number of nitrogens with zero attached hydrogens (tertiary/aromatic N) is 4.